The quantitative estimate of drug-likeness (QED) is 0.722. The molecule has 1 aliphatic rings. The molecule has 2 heterocycles. The van der Waals surface area contributed by atoms with Crippen LogP contribution in [0.25, 0.3) is 0 Å². The minimum Gasteiger partial charge on any atom is -0.452 e. The van der Waals surface area contributed by atoms with Gasteiger partial charge in [-0.05, 0) is 29.8 Å². The number of pyridine rings is 1. The van der Waals surface area contributed by atoms with Crippen molar-refractivity contribution in [2.75, 3.05) is 12.0 Å². The van der Waals surface area contributed by atoms with E-state index in [-0.39, 0.29) is 16.9 Å². The highest BCUT2D eigenvalue weighted by molar-refractivity contribution is 6.30. The molecule has 0 unspecified atom stereocenters. The fraction of sp³-hybridized carbons (Fsp3) is 0.278. The Morgan fingerprint density at radius 2 is 2.10 bits per heavy atom. The number of aromatic nitrogens is 1. The molecule has 6 nitrogen and oxygen atoms in total. The molecule has 1 amide bonds. The zero-order valence-corrected chi connectivity index (χ0v) is 15.5. The number of rotatable bonds is 4. The van der Waals surface area contributed by atoms with Gasteiger partial charge < -0.3 is 15.8 Å². The zero-order chi connectivity index (χ0) is 21.2. The van der Waals surface area contributed by atoms with Gasteiger partial charge in [0, 0.05) is 18.3 Å². The van der Waals surface area contributed by atoms with Crippen LogP contribution in [-0.2, 0) is 10.3 Å². The molecule has 3 N–H and O–H groups in total. The summed E-state index contributed by atoms with van der Waals surface area (Å²) in [5.41, 5.74) is 3.91. The van der Waals surface area contributed by atoms with E-state index in [1.807, 2.05) is 0 Å². The van der Waals surface area contributed by atoms with E-state index in [1.54, 1.807) is 0 Å². The molecule has 0 fully saturated rings. The number of carbonyl (C=O) groups is 1. The Morgan fingerprint density at radius 3 is 2.72 bits per heavy atom. The number of benzene rings is 1. The van der Waals surface area contributed by atoms with E-state index in [1.165, 1.54) is 42.6 Å². The maximum absolute atomic E-state index is 14.0. The molecule has 0 spiro atoms. The molecule has 1 aliphatic heterocycles. The first kappa shape index (κ1) is 20.8. The summed E-state index contributed by atoms with van der Waals surface area (Å²) in [7, 11) is 0. The first-order valence-electron chi connectivity index (χ1n) is 8.31. The molecular weight excluding hydrogens is 416 g/mol. The average Bonchev–Trinajstić information content (AvgIpc) is 2.67. The van der Waals surface area contributed by atoms with E-state index in [0.29, 0.717) is 5.02 Å². The lowest BCUT2D eigenvalue weighted by Gasteiger charge is -2.36. The highest BCUT2D eigenvalue weighted by atomic mass is 35.5. The number of alkyl halides is 4. The van der Waals surface area contributed by atoms with Crippen LogP contribution in [0.15, 0.2) is 47.6 Å². The molecule has 1 aromatic carbocycles. The topological polar surface area (TPSA) is 89.6 Å². The predicted molar refractivity (Wildman–Crippen MR) is 98.5 cm³/mol. The Hall–Kier alpha value is -2.88. The number of amides is 1. The third-order valence-electron chi connectivity index (χ3n) is 4.31. The van der Waals surface area contributed by atoms with Crippen molar-refractivity contribution < 1.29 is 27.1 Å². The Labute approximate surface area is 167 Å². The summed E-state index contributed by atoms with van der Waals surface area (Å²) in [5, 5.41) is 2.90. The van der Waals surface area contributed by atoms with Gasteiger partial charge in [0.1, 0.15) is 17.9 Å². The van der Waals surface area contributed by atoms with Crippen molar-refractivity contribution in [1.29, 1.82) is 0 Å². The molecule has 29 heavy (non-hydrogen) atoms. The van der Waals surface area contributed by atoms with Crippen LogP contribution in [-0.4, -0.2) is 35.9 Å². The van der Waals surface area contributed by atoms with Crippen LogP contribution < -0.4 is 11.1 Å². The molecule has 0 saturated carbocycles. The number of hydrogen-bond donors (Lipinski definition) is 2. The normalized spacial score (nSPS) is 21.8. The summed E-state index contributed by atoms with van der Waals surface area (Å²) in [5.74, 6) is -0.573. The molecule has 0 saturated heterocycles. The molecular formula is C18H15ClF4N4O2. The van der Waals surface area contributed by atoms with E-state index >= 15 is 0 Å². The molecule has 11 heteroatoms. The maximum Gasteiger partial charge on any atom is 0.425 e. The first-order valence-corrected chi connectivity index (χ1v) is 8.69. The number of anilines is 1. The Kier molecular flexibility index (Phi) is 5.65. The van der Waals surface area contributed by atoms with Crippen LogP contribution in [0.5, 0.6) is 0 Å². The largest absolute Gasteiger partial charge is 0.452 e. The fourth-order valence-corrected chi connectivity index (χ4v) is 3.01. The van der Waals surface area contributed by atoms with Crippen LogP contribution in [0.1, 0.15) is 22.5 Å². The Morgan fingerprint density at radius 1 is 1.34 bits per heavy atom. The highest BCUT2D eigenvalue weighted by Crippen LogP contribution is 2.41. The van der Waals surface area contributed by atoms with Crippen molar-refractivity contribution in [1.82, 2.24) is 4.98 Å². The molecule has 2 atom stereocenters. The summed E-state index contributed by atoms with van der Waals surface area (Å²) in [6.45, 7) is -1.24. The lowest BCUT2D eigenvalue weighted by Crippen LogP contribution is -2.48. The lowest BCUT2D eigenvalue weighted by molar-refractivity contribution is -0.209. The van der Waals surface area contributed by atoms with Crippen LogP contribution >= 0.6 is 11.6 Å². The lowest BCUT2D eigenvalue weighted by atomic mass is 9.85. The van der Waals surface area contributed by atoms with Gasteiger partial charge in [-0.2, -0.15) is 13.2 Å². The number of nitrogens with two attached hydrogens (primary N) is 1. The Bertz CT molecular complexity index is 936. The van der Waals surface area contributed by atoms with Crippen molar-refractivity contribution in [3.05, 3.63) is 58.9 Å². The third kappa shape index (κ3) is 4.58. The van der Waals surface area contributed by atoms with Crippen LogP contribution in [0.2, 0.25) is 5.02 Å². The van der Waals surface area contributed by atoms with Crippen molar-refractivity contribution in [3.63, 3.8) is 0 Å². The van der Waals surface area contributed by atoms with E-state index in [0.717, 1.165) is 0 Å². The predicted octanol–water partition coefficient (Wildman–Crippen LogP) is 3.82. The molecule has 2 aromatic rings. The van der Waals surface area contributed by atoms with E-state index in [9.17, 15) is 22.4 Å². The van der Waals surface area contributed by atoms with Crippen molar-refractivity contribution >= 4 is 29.2 Å². The molecule has 0 aliphatic carbocycles. The van der Waals surface area contributed by atoms with Gasteiger partial charge in [0.2, 0.25) is 0 Å². The maximum atomic E-state index is 14.0. The van der Waals surface area contributed by atoms with Crippen molar-refractivity contribution in [2.45, 2.75) is 24.2 Å². The van der Waals surface area contributed by atoms with E-state index < -0.39 is 42.8 Å². The van der Waals surface area contributed by atoms with Crippen molar-refractivity contribution in [2.24, 2.45) is 10.7 Å². The number of carbonyl (C=O) groups excluding carboxylic acids is 1. The van der Waals surface area contributed by atoms with Gasteiger partial charge in [0.15, 0.2) is 6.10 Å². The molecule has 1 aromatic heterocycles. The third-order valence-corrected chi connectivity index (χ3v) is 4.54. The number of hydrogen-bond acceptors (Lipinski definition) is 5. The number of nitrogens with zero attached hydrogens (tertiary/aromatic N) is 2. The SMILES string of the molecule is NC1=N[C@](CF)(c2cccc(NC(=O)c3ccc(Cl)cn3)c2)C[C@@H](C(F)(F)F)O1. The van der Waals surface area contributed by atoms with Crippen LogP contribution in [0, 0.1) is 0 Å². The molecule has 0 radical (unpaired) electrons. The second kappa shape index (κ2) is 7.86. The summed E-state index contributed by atoms with van der Waals surface area (Å²) >= 11 is 5.73. The minimum absolute atomic E-state index is 0.0745. The smallest absolute Gasteiger partial charge is 0.425 e. The van der Waals surface area contributed by atoms with Crippen LogP contribution in [0.3, 0.4) is 0 Å². The second-order valence-corrected chi connectivity index (χ2v) is 6.80. The average molecular weight is 431 g/mol. The number of amidine groups is 1. The minimum atomic E-state index is -4.74. The molecule has 0 bridgehead atoms. The summed E-state index contributed by atoms with van der Waals surface area (Å²) < 4.78 is 57.9. The number of nitrogens with one attached hydrogen (secondary N) is 1. The highest BCUT2D eigenvalue weighted by Gasteiger charge is 2.51. The zero-order valence-electron chi connectivity index (χ0n) is 14.7. The van der Waals surface area contributed by atoms with Gasteiger partial charge >= 0.3 is 6.18 Å². The summed E-state index contributed by atoms with van der Waals surface area (Å²) in [4.78, 5) is 20.0. The van der Waals surface area contributed by atoms with Gasteiger partial charge in [-0.1, -0.05) is 23.7 Å². The number of ether oxygens (including phenoxy) is 1. The first-order chi connectivity index (χ1) is 13.6. The summed E-state index contributed by atoms with van der Waals surface area (Å²) in [6.07, 6.45) is -6.54. The monoisotopic (exact) mass is 430 g/mol. The van der Waals surface area contributed by atoms with Gasteiger partial charge in [0.05, 0.1) is 5.02 Å². The van der Waals surface area contributed by atoms with Crippen LogP contribution in [0.4, 0.5) is 23.2 Å². The van der Waals surface area contributed by atoms with Gasteiger partial charge in [-0.3, -0.25) is 4.79 Å². The van der Waals surface area contributed by atoms with E-state index in [4.69, 9.17) is 17.3 Å². The summed E-state index contributed by atoms with van der Waals surface area (Å²) in [6, 6.07) is 7.83. The standard InChI is InChI=1S/C18H15ClF4N4O2/c19-11-4-5-13(25-8-11)15(28)26-12-3-1-2-10(6-12)17(9-20)7-14(18(21,22)23)29-16(24)27-17/h1-6,8,14H,7,9H2,(H2,24,27)(H,26,28)/t14-,17+/m0/s1. The number of aliphatic imine (C=N–C) groups is 1. The second-order valence-electron chi connectivity index (χ2n) is 6.36. The van der Waals surface area contributed by atoms with E-state index in [2.05, 4.69) is 20.0 Å². The fourth-order valence-electron chi connectivity index (χ4n) is 2.90. The number of halogens is 5. The molecule has 3 rings (SSSR count). The van der Waals surface area contributed by atoms with Crippen molar-refractivity contribution in [3.8, 4) is 0 Å². The van der Waals surface area contributed by atoms with Gasteiger partial charge in [0.25, 0.3) is 11.9 Å². The Balaban J connectivity index is 1.89. The van der Waals surface area contributed by atoms with Gasteiger partial charge in [-0.25, -0.2) is 14.4 Å². The van der Waals surface area contributed by atoms with Gasteiger partial charge in [-0.15, -0.1) is 0 Å². The molecule has 154 valence electrons.